The first-order chi connectivity index (χ1) is 13.5. The van der Waals surface area contributed by atoms with Crippen molar-refractivity contribution in [3.8, 4) is 28.8 Å². The zero-order valence-corrected chi connectivity index (χ0v) is 17.0. The van der Waals surface area contributed by atoms with E-state index < -0.39 is 0 Å². The van der Waals surface area contributed by atoms with Crippen molar-refractivity contribution in [2.24, 2.45) is 5.92 Å². The van der Waals surface area contributed by atoms with Gasteiger partial charge in [0.05, 0.1) is 18.4 Å². The molecule has 0 fully saturated rings. The van der Waals surface area contributed by atoms with Crippen molar-refractivity contribution < 1.29 is 9.84 Å². The maximum absolute atomic E-state index is 9.72. The SMILES string of the molecule is COc1cc(/C=C(/C#N)c2nc(-c3ccc(CC(C)C)cc3)cs2)ccc1O. The number of phenols is 1. The zero-order valence-electron chi connectivity index (χ0n) is 16.1. The molecular formula is C23H22N2O2S. The number of hydrogen-bond acceptors (Lipinski definition) is 5. The molecular weight excluding hydrogens is 368 g/mol. The number of aromatic nitrogens is 1. The minimum Gasteiger partial charge on any atom is -0.504 e. The fourth-order valence-corrected chi connectivity index (χ4v) is 3.70. The van der Waals surface area contributed by atoms with Gasteiger partial charge in [0.25, 0.3) is 0 Å². The van der Waals surface area contributed by atoms with Crippen molar-refractivity contribution in [1.29, 1.82) is 5.26 Å². The van der Waals surface area contributed by atoms with Crippen LogP contribution in [0.2, 0.25) is 0 Å². The molecule has 0 radical (unpaired) electrons. The van der Waals surface area contributed by atoms with Crippen LogP contribution in [0.5, 0.6) is 11.5 Å². The van der Waals surface area contributed by atoms with Crippen molar-refractivity contribution in [2.45, 2.75) is 20.3 Å². The molecule has 1 N–H and O–H groups in total. The molecule has 3 aromatic rings. The summed E-state index contributed by atoms with van der Waals surface area (Å²) in [7, 11) is 1.49. The number of nitriles is 1. The van der Waals surface area contributed by atoms with Gasteiger partial charge in [-0.2, -0.15) is 5.26 Å². The van der Waals surface area contributed by atoms with Crippen LogP contribution in [0, 0.1) is 17.2 Å². The molecule has 0 spiro atoms. The lowest BCUT2D eigenvalue weighted by Crippen LogP contribution is -1.93. The monoisotopic (exact) mass is 390 g/mol. The molecule has 1 aromatic heterocycles. The number of aromatic hydroxyl groups is 1. The van der Waals surface area contributed by atoms with Crippen LogP contribution in [0.1, 0.15) is 30.0 Å². The Morgan fingerprint density at radius 3 is 2.64 bits per heavy atom. The maximum atomic E-state index is 9.72. The van der Waals surface area contributed by atoms with Crippen LogP contribution in [0.3, 0.4) is 0 Å². The van der Waals surface area contributed by atoms with E-state index in [1.807, 2.05) is 5.38 Å². The standard InChI is InChI=1S/C23H22N2O2S/c1-15(2)10-16-4-7-18(8-5-16)20-14-28-23(25-20)19(13-24)11-17-6-9-21(26)22(12-17)27-3/h4-9,11-12,14-15,26H,10H2,1-3H3/b19-11-. The average molecular weight is 391 g/mol. The van der Waals surface area contributed by atoms with Crippen LogP contribution in [0.15, 0.2) is 47.8 Å². The Morgan fingerprint density at radius 2 is 2.00 bits per heavy atom. The second-order valence-corrected chi connectivity index (χ2v) is 7.79. The van der Waals surface area contributed by atoms with Crippen molar-refractivity contribution in [2.75, 3.05) is 7.11 Å². The number of allylic oxidation sites excluding steroid dienone is 1. The lowest BCUT2D eigenvalue weighted by Gasteiger charge is -2.05. The second-order valence-electron chi connectivity index (χ2n) is 6.93. The number of rotatable bonds is 6. The van der Waals surface area contributed by atoms with E-state index in [0.29, 0.717) is 22.2 Å². The van der Waals surface area contributed by atoms with Gasteiger partial charge in [0, 0.05) is 10.9 Å². The molecule has 0 saturated carbocycles. The molecule has 4 nitrogen and oxygen atoms in total. The Labute approximate surface area is 169 Å². The molecule has 0 aliphatic carbocycles. The molecule has 28 heavy (non-hydrogen) atoms. The average Bonchev–Trinajstić information content (AvgIpc) is 3.17. The number of phenolic OH excluding ortho intramolecular Hbond substituents is 1. The van der Waals surface area contributed by atoms with E-state index in [-0.39, 0.29) is 5.75 Å². The highest BCUT2D eigenvalue weighted by Crippen LogP contribution is 2.30. The Kier molecular flexibility index (Phi) is 6.13. The number of hydrogen-bond donors (Lipinski definition) is 1. The first-order valence-electron chi connectivity index (χ1n) is 9.04. The molecule has 0 aliphatic heterocycles. The van der Waals surface area contributed by atoms with Gasteiger partial charge in [-0.3, -0.25) is 0 Å². The summed E-state index contributed by atoms with van der Waals surface area (Å²) in [6, 6.07) is 15.6. The van der Waals surface area contributed by atoms with Gasteiger partial charge in [-0.1, -0.05) is 44.2 Å². The summed E-state index contributed by atoms with van der Waals surface area (Å²) in [5, 5.41) is 21.9. The summed E-state index contributed by atoms with van der Waals surface area (Å²) in [6.07, 6.45) is 2.80. The number of benzene rings is 2. The molecule has 0 saturated heterocycles. The van der Waals surface area contributed by atoms with Gasteiger partial charge < -0.3 is 9.84 Å². The normalized spacial score (nSPS) is 11.5. The van der Waals surface area contributed by atoms with E-state index in [1.54, 1.807) is 24.3 Å². The molecule has 1 heterocycles. The number of thiazole rings is 1. The minimum atomic E-state index is 0.0654. The highest BCUT2D eigenvalue weighted by atomic mass is 32.1. The van der Waals surface area contributed by atoms with Crippen LogP contribution in [-0.4, -0.2) is 17.2 Å². The Morgan fingerprint density at radius 1 is 1.25 bits per heavy atom. The molecule has 0 aliphatic rings. The van der Waals surface area contributed by atoms with Crippen molar-refractivity contribution in [3.05, 3.63) is 64.0 Å². The summed E-state index contributed by atoms with van der Waals surface area (Å²) in [4.78, 5) is 4.65. The van der Waals surface area contributed by atoms with Crippen LogP contribution in [-0.2, 0) is 6.42 Å². The fourth-order valence-electron chi connectivity index (χ4n) is 2.91. The van der Waals surface area contributed by atoms with Gasteiger partial charge in [-0.15, -0.1) is 11.3 Å². The molecule has 5 heteroatoms. The predicted molar refractivity (Wildman–Crippen MR) is 114 cm³/mol. The third-order valence-electron chi connectivity index (χ3n) is 4.26. The molecule has 3 rings (SSSR count). The lowest BCUT2D eigenvalue weighted by atomic mass is 10.0. The molecule has 142 valence electrons. The van der Waals surface area contributed by atoms with Crippen LogP contribution in [0.4, 0.5) is 0 Å². The van der Waals surface area contributed by atoms with E-state index in [2.05, 4.69) is 49.2 Å². The third kappa shape index (κ3) is 4.59. The molecule has 0 atom stereocenters. The first kappa shape index (κ1) is 19.7. The van der Waals surface area contributed by atoms with Crippen molar-refractivity contribution >= 4 is 23.0 Å². The van der Waals surface area contributed by atoms with E-state index >= 15 is 0 Å². The van der Waals surface area contributed by atoms with Crippen LogP contribution < -0.4 is 4.74 Å². The summed E-state index contributed by atoms with van der Waals surface area (Å²) in [5.74, 6) is 1.06. The second kappa shape index (κ2) is 8.73. The van der Waals surface area contributed by atoms with Gasteiger partial charge in [0.2, 0.25) is 0 Å². The quantitative estimate of drug-likeness (QED) is 0.541. The molecule has 0 amide bonds. The van der Waals surface area contributed by atoms with Crippen molar-refractivity contribution in [1.82, 2.24) is 4.98 Å². The fraction of sp³-hybridized carbons (Fsp3) is 0.217. The largest absolute Gasteiger partial charge is 0.504 e. The van der Waals surface area contributed by atoms with Gasteiger partial charge in [-0.05, 0) is 41.7 Å². The first-order valence-corrected chi connectivity index (χ1v) is 9.92. The Hall–Kier alpha value is -3.10. The molecule has 0 unspecified atom stereocenters. The van der Waals surface area contributed by atoms with E-state index in [0.717, 1.165) is 23.2 Å². The third-order valence-corrected chi connectivity index (χ3v) is 5.14. The summed E-state index contributed by atoms with van der Waals surface area (Å²) < 4.78 is 5.13. The topological polar surface area (TPSA) is 66.1 Å². The van der Waals surface area contributed by atoms with Gasteiger partial charge >= 0.3 is 0 Å². The lowest BCUT2D eigenvalue weighted by molar-refractivity contribution is 0.373. The smallest absolute Gasteiger partial charge is 0.161 e. The molecule has 2 aromatic carbocycles. The maximum Gasteiger partial charge on any atom is 0.161 e. The zero-order chi connectivity index (χ0) is 20.1. The number of nitrogens with zero attached hydrogens (tertiary/aromatic N) is 2. The Bertz CT molecular complexity index is 1030. The highest BCUT2D eigenvalue weighted by Gasteiger charge is 2.10. The van der Waals surface area contributed by atoms with E-state index in [4.69, 9.17) is 4.74 Å². The van der Waals surface area contributed by atoms with Crippen LogP contribution in [0.25, 0.3) is 22.9 Å². The highest BCUT2D eigenvalue weighted by molar-refractivity contribution is 7.11. The number of methoxy groups -OCH3 is 1. The number of ether oxygens (including phenoxy) is 1. The summed E-state index contributed by atoms with van der Waals surface area (Å²) >= 11 is 1.44. The van der Waals surface area contributed by atoms with Crippen LogP contribution >= 0.6 is 11.3 Å². The minimum absolute atomic E-state index is 0.0654. The van der Waals surface area contributed by atoms with Gasteiger partial charge in [0.1, 0.15) is 11.1 Å². The predicted octanol–water partition coefficient (Wildman–Crippen LogP) is 5.79. The van der Waals surface area contributed by atoms with Gasteiger partial charge in [0.15, 0.2) is 11.5 Å². The Balaban J connectivity index is 1.86. The molecule has 0 bridgehead atoms. The van der Waals surface area contributed by atoms with E-state index in [9.17, 15) is 10.4 Å². The van der Waals surface area contributed by atoms with Gasteiger partial charge in [-0.25, -0.2) is 4.98 Å². The van der Waals surface area contributed by atoms with Crippen molar-refractivity contribution in [3.63, 3.8) is 0 Å². The van der Waals surface area contributed by atoms with E-state index in [1.165, 1.54) is 24.0 Å². The summed E-state index contributed by atoms with van der Waals surface area (Å²) in [6.45, 7) is 4.42. The summed E-state index contributed by atoms with van der Waals surface area (Å²) in [5.41, 5.74) is 4.45.